The SMILES string of the molecule is Cc1ccc(CNC2CCC(=O)NC2)c(C)c1. The van der Waals surface area contributed by atoms with Crippen LogP contribution in [0.4, 0.5) is 0 Å². The minimum atomic E-state index is 0.176. The lowest BCUT2D eigenvalue weighted by Crippen LogP contribution is -2.45. The van der Waals surface area contributed by atoms with Crippen molar-refractivity contribution in [2.24, 2.45) is 0 Å². The normalized spacial score (nSPS) is 20.1. The Labute approximate surface area is 103 Å². The Morgan fingerprint density at radius 1 is 1.41 bits per heavy atom. The lowest BCUT2D eigenvalue weighted by molar-refractivity contribution is -0.122. The number of piperidine rings is 1. The summed E-state index contributed by atoms with van der Waals surface area (Å²) in [5.41, 5.74) is 3.97. The Hall–Kier alpha value is -1.35. The zero-order valence-corrected chi connectivity index (χ0v) is 10.5. The molecule has 1 heterocycles. The molecule has 0 bridgehead atoms. The van der Waals surface area contributed by atoms with E-state index in [0.717, 1.165) is 19.5 Å². The van der Waals surface area contributed by atoms with Gasteiger partial charge in [-0.2, -0.15) is 0 Å². The third kappa shape index (κ3) is 3.30. The molecular formula is C14H20N2O. The van der Waals surface area contributed by atoms with Crippen LogP contribution in [0.1, 0.15) is 29.5 Å². The van der Waals surface area contributed by atoms with Crippen LogP contribution < -0.4 is 10.6 Å². The Morgan fingerprint density at radius 2 is 2.24 bits per heavy atom. The van der Waals surface area contributed by atoms with Crippen LogP contribution in [0, 0.1) is 13.8 Å². The Balaban J connectivity index is 1.87. The molecule has 1 amide bonds. The van der Waals surface area contributed by atoms with E-state index in [1.54, 1.807) is 0 Å². The van der Waals surface area contributed by atoms with Gasteiger partial charge in [0.2, 0.25) is 5.91 Å². The number of nitrogens with one attached hydrogen (secondary N) is 2. The third-order valence-electron chi connectivity index (χ3n) is 3.34. The van der Waals surface area contributed by atoms with Crippen LogP contribution in [0.3, 0.4) is 0 Å². The van der Waals surface area contributed by atoms with Crippen molar-refractivity contribution in [1.82, 2.24) is 10.6 Å². The molecule has 1 unspecified atom stereocenters. The van der Waals surface area contributed by atoms with Crippen molar-refractivity contribution >= 4 is 5.91 Å². The molecule has 3 heteroatoms. The topological polar surface area (TPSA) is 41.1 Å². The zero-order valence-electron chi connectivity index (χ0n) is 10.5. The summed E-state index contributed by atoms with van der Waals surface area (Å²) in [5, 5.41) is 6.39. The first-order valence-corrected chi connectivity index (χ1v) is 6.21. The van der Waals surface area contributed by atoms with Crippen molar-refractivity contribution in [1.29, 1.82) is 0 Å². The summed E-state index contributed by atoms with van der Waals surface area (Å²) in [6, 6.07) is 6.94. The van der Waals surface area contributed by atoms with Gasteiger partial charge in [-0.05, 0) is 31.4 Å². The maximum atomic E-state index is 11.0. The first kappa shape index (κ1) is 12.1. The van der Waals surface area contributed by atoms with Crippen LogP contribution in [-0.2, 0) is 11.3 Å². The molecule has 1 aromatic rings. The van der Waals surface area contributed by atoms with E-state index >= 15 is 0 Å². The average molecular weight is 232 g/mol. The molecule has 1 fully saturated rings. The van der Waals surface area contributed by atoms with Gasteiger partial charge in [-0.25, -0.2) is 0 Å². The molecule has 0 aliphatic carbocycles. The largest absolute Gasteiger partial charge is 0.355 e. The van der Waals surface area contributed by atoms with Crippen LogP contribution >= 0.6 is 0 Å². The number of aryl methyl sites for hydroxylation is 2. The second-order valence-corrected chi connectivity index (χ2v) is 4.85. The van der Waals surface area contributed by atoms with Crippen LogP contribution in [0.5, 0.6) is 0 Å². The van der Waals surface area contributed by atoms with E-state index in [4.69, 9.17) is 0 Å². The van der Waals surface area contributed by atoms with Gasteiger partial charge in [0.25, 0.3) is 0 Å². The van der Waals surface area contributed by atoms with E-state index in [0.29, 0.717) is 12.5 Å². The van der Waals surface area contributed by atoms with Crippen molar-refractivity contribution in [2.75, 3.05) is 6.54 Å². The van der Waals surface area contributed by atoms with Crippen molar-refractivity contribution in [2.45, 2.75) is 39.3 Å². The number of carbonyl (C=O) groups excluding carboxylic acids is 1. The predicted octanol–water partition coefficient (Wildman–Crippen LogP) is 1.67. The number of hydrogen-bond donors (Lipinski definition) is 2. The van der Waals surface area contributed by atoms with Gasteiger partial charge in [0.1, 0.15) is 0 Å². The first-order valence-electron chi connectivity index (χ1n) is 6.21. The standard InChI is InChI=1S/C14H20N2O/c1-10-3-4-12(11(2)7-10)8-15-13-5-6-14(17)16-9-13/h3-4,7,13,15H,5-6,8-9H2,1-2H3,(H,16,17). The second kappa shape index (κ2) is 5.32. The minimum Gasteiger partial charge on any atom is -0.355 e. The highest BCUT2D eigenvalue weighted by molar-refractivity contribution is 5.76. The summed E-state index contributed by atoms with van der Waals surface area (Å²) in [5.74, 6) is 0.176. The first-order chi connectivity index (χ1) is 8.15. The quantitative estimate of drug-likeness (QED) is 0.832. The molecule has 1 aromatic carbocycles. The zero-order chi connectivity index (χ0) is 12.3. The molecule has 1 aliphatic rings. The summed E-state index contributed by atoms with van der Waals surface area (Å²) < 4.78 is 0. The molecule has 0 spiro atoms. The molecule has 2 rings (SSSR count). The van der Waals surface area contributed by atoms with Crippen molar-refractivity contribution in [3.63, 3.8) is 0 Å². The molecule has 0 radical (unpaired) electrons. The van der Waals surface area contributed by atoms with Crippen molar-refractivity contribution in [3.8, 4) is 0 Å². The molecule has 0 aromatic heterocycles. The average Bonchev–Trinajstić information content (AvgIpc) is 2.30. The van der Waals surface area contributed by atoms with E-state index in [2.05, 4.69) is 42.7 Å². The van der Waals surface area contributed by atoms with Gasteiger partial charge in [-0.15, -0.1) is 0 Å². The highest BCUT2D eigenvalue weighted by Gasteiger charge is 2.17. The molecule has 1 saturated heterocycles. The van der Waals surface area contributed by atoms with Crippen LogP contribution in [-0.4, -0.2) is 18.5 Å². The predicted molar refractivity (Wildman–Crippen MR) is 68.8 cm³/mol. The van der Waals surface area contributed by atoms with E-state index in [1.807, 2.05) is 0 Å². The van der Waals surface area contributed by atoms with Gasteiger partial charge < -0.3 is 10.6 Å². The Bertz CT molecular complexity index is 405. The van der Waals surface area contributed by atoms with E-state index in [1.165, 1.54) is 16.7 Å². The number of amides is 1. The fraction of sp³-hybridized carbons (Fsp3) is 0.500. The molecule has 1 atom stereocenters. The molecular weight excluding hydrogens is 212 g/mol. The summed E-state index contributed by atoms with van der Waals surface area (Å²) in [7, 11) is 0. The lowest BCUT2D eigenvalue weighted by atomic mass is 10.0. The van der Waals surface area contributed by atoms with Gasteiger partial charge in [0, 0.05) is 25.6 Å². The third-order valence-corrected chi connectivity index (χ3v) is 3.34. The van der Waals surface area contributed by atoms with Gasteiger partial charge in [0.05, 0.1) is 0 Å². The molecule has 2 N–H and O–H groups in total. The molecule has 0 saturated carbocycles. The monoisotopic (exact) mass is 232 g/mol. The Kier molecular flexibility index (Phi) is 3.79. The fourth-order valence-electron chi connectivity index (χ4n) is 2.21. The second-order valence-electron chi connectivity index (χ2n) is 4.85. The van der Waals surface area contributed by atoms with Crippen LogP contribution in [0.2, 0.25) is 0 Å². The number of rotatable bonds is 3. The Morgan fingerprint density at radius 3 is 2.88 bits per heavy atom. The molecule has 3 nitrogen and oxygen atoms in total. The number of benzene rings is 1. The smallest absolute Gasteiger partial charge is 0.220 e. The molecule has 1 aliphatic heterocycles. The van der Waals surface area contributed by atoms with E-state index in [-0.39, 0.29) is 5.91 Å². The van der Waals surface area contributed by atoms with Gasteiger partial charge in [-0.3, -0.25) is 4.79 Å². The number of carbonyl (C=O) groups is 1. The summed E-state index contributed by atoms with van der Waals surface area (Å²) >= 11 is 0. The van der Waals surface area contributed by atoms with Gasteiger partial charge >= 0.3 is 0 Å². The van der Waals surface area contributed by atoms with Gasteiger partial charge in [-0.1, -0.05) is 23.8 Å². The summed E-state index contributed by atoms with van der Waals surface area (Å²) in [6.45, 7) is 5.89. The van der Waals surface area contributed by atoms with Crippen molar-refractivity contribution in [3.05, 3.63) is 34.9 Å². The maximum Gasteiger partial charge on any atom is 0.220 e. The summed E-state index contributed by atoms with van der Waals surface area (Å²) in [4.78, 5) is 11.0. The minimum absolute atomic E-state index is 0.176. The highest BCUT2D eigenvalue weighted by atomic mass is 16.1. The van der Waals surface area contributed by atoms with Crippen LogP contribution in [0.25, 0.3) is 0 Å². The maximum absolute atomic E-state index is 11.0. The molecule has 92 valence electrons. The van der Waals surface area contributed by atoms with Crippen molar-refractivity contribution < 1.29 is 4.79 Å². The highest BCUT2D eigenvalue weighted by Crippen LogP contribution is 2.11. The van der Waals surface area contributed by atoms with E-state index < -0.39 is 0 Å². The molecule has 17 heavy (non-hydrogen) atoms. The summed E-state index contributed by atoms with van der Waals surface area (Å²) in [6.07, 6.45) is 1.58. The lowest BCUT2D eigenvalue weighted by Gasteiger charge is -2.24. The number of hydrogen-bond acceptors (Lipinski definition) is 2. The van der Waals surface area contributed by atoms with E-state index in [9.17, 15) is 4.79 Å². The fourth-order valence-corrected chi connectivity index (χ4v) is 2.21. The van der Waals surface area contributed by atoms with Crippen LogP contribution in [0.15, 0.2) is 18.2 Å². The van der Waals surface area contributed by atoms with Gasteiger partial charge in [0.15, 0.2) is 0 Å².